The van der Waals surface area contributed by atoms with Gasteiger partial charge in [0.1, 0.15) is 6.04 Å². The third-order valence-corrected chi connectivity index (χ3v) is 5.40. The van der Waals surface area contributed by atoms with Crippen molar-refractivity contribution in [3.05, 3.63) is 58.6 Å². The summed E-state index contributed by atoms with van der Waals surface area (Å²) in [4.78, 5) is 12.6. The summed E-state index contributed by atoms with van der Waals surface area (Å²) in [5, 5.41) is 3.19. The molecule has 1 N–H and O–H groups in total. The lowest BCUT2D eigenvalue weighted by molar-refractivity contribution is -0.116. The van der Waals surface area contributed by atoms with Crippen LogP contribution in [-0.2, 0) is 14.8 Å². The lowest BCUT2D eigenvalue weighted by Gasteiger charge is -2.28. The number of nitrogens with zero attached hydrogens (tertiary/aromatic N) is 1. The molecule has 2 rings (SSSR count). The molecular weight excluding hydrogens is 360 g/mol. The molecule has 1 unspecified atom stereocenters. The number of anilines is 2. The molecule has 1 amide bonds. The lowest BCUT2D eigenvalue weighted by Crippen LogP contribution is -2.45. The molecule has 0 saturated heterocycles. The highest BCUT2D eigenvalue weighted by Crippen LogP contribution is 2.24. The Balaban J connectivity index is 2.34. The molecule has 0 saturated carbocycles. The predicted octanol–water partition coefficient (Wildman–Crippen LogP) is 3.75. The molecule has 7 heteroatoms. The summed E-state index contributed by atoms with van der Waals surface area (Å²) in [5.41, 5.74) is 2.97. The standard InChI is InChI=1S/C18H21ClN2O3S/c1-12-8-9-17(10-13(12)2)21(25(4,23)24)14(3)18(22)20-16-7-5-6-15(19)11-16/h5-11,14H,1-4H3,(H,20,22). The monoisotopic (exact) mass is 380 g/mol. The first-order valence-corrected chi connectivity index (χ1v) is 9.95. The third kappa shape index (κ3) is 4.74. The number of benzene rings is 2. The van der Waals surface area contributed by atoms with E-state index in [1.54, 1.807) is 43.3 Å². The molecule has 0 spiro atoms. The molecule has 0 radical (unpaired) electrons. The Labute approximate surface area is 153 Å². The van der Waals surface area contributed by atoms with Crippen LogP contribution in [0.15, 0.2) is 42.5 Å². The fourth-order valence-electron chi connectivity index (χ4n) is 2.48. The molecule has 0 bridgehead atoms. The maximum atomic E-state index is 12.6. The molecule has 5 nitrogen and oxygen atoms in total. The molecule has 25 heavy (non-hydrogen) atoms. The van der Waals surface area contributed by atoms with Gasteiger partial charge in [-0.15, -0.1) is 0 Å². The SMILES string of the molecule is Cc1ccc(N(C(C)C(=O)Nc2cccc(Cl)c2)S(C)(=O)=O)cc1C. The minimum absolute atomic E-state index is 0.439. The minimum atomic E-state index is -3.65. The van der Waals surface area contributed by atoms with Gasteiger partial charge in [0.05, 0.1) is 11.9 Å². The highest BCUT2D eigenvalue weighted by atomic mass is 35.5. The molecule has 0 fully saturated rings. The quantitative estimate of drug-likeness (QED) is 0.858. The van der Waals surface area contributed by atoms with Crippen molar-refractivity contribution in [1.82, 2.24) is 0 Å². The van der Waals surface area contributed by atoms with Gasteiger partial charge in [-0.05, 0) is 62.2 Å². The summed E-state index contributed by atoms with van der Waals surface area (Å²) in [5.74, 6) is -0.439. The van der Waals surface area contributed by atoms with Gasteiger partial charge in [0.2, 0.25) is 15.9 Å². The number of carbonyl (C=O) groups excluding carboxylic acids is 1. The zero-order valence-corrected chi connectivity index (χ0v) is 16.1. The Hall–Kier alpha value is -2.05. The number of nitrogens with one attached hydrogen (secondary N) is 1. The Bertz CT molecular complexity index is 897. The van der Waals surface area contributed by atoms with Crippen molar-refractivity contribution in [2.24, 2.45) is 0 Å². The maximum Gasteiger partial charge on any atom is 0.247 e. The minimum Gasteiger partial charge on any atom is -0.324 e. The van der Waals surface area contributed by atoms with Crippen LogP contribution >= 0.6 is 11.6 Å². The molecule has 1 atom stereocenters. The number of hydrogen-bond donors (Lipinski definition) is 1. The Morgan fingerprint density at radius 3 is 2.36 bits per heavy atom. The highest BCUT2D eigenvalue weighted by molar-refractivity contribution is 7.92. The predicted molar refractivity (Wildman–Crippen MR) is 103 cm³/mol. The van der Waals surface area contributed by atoms with Crippen molar-refractivity contribution in [2.75, 3.05) is 15.9 Å². The fraction of sp³-hybridized carbons (Fsp3) is 0.278. The van der Waals surface area contributed by atoms with E-state index in [9.17, 15) is 13.2 Å². The molecular formula is C18H21ClN2O3S. The summed E-state index contributed by atoms with van der Waals surface area (Å²) < 4.78 is 25.7. The molecule has 134 valence electrons. The number of carbonyl (C=O) groups is 1. The van der Waals surface area contributed by atoms with E-state index >= 15 is 0 Å². The largest absolute Gasteiger partial charge is 0.324 e. The van der Waals surface area contributed by atoms with Crippen LogP contribution < -0.4 is 9.62 Å². The summed E-state index contributed by atoms with van der Waals surface area (Å²) in [6.45, 7) is 5.39. The van der Waals surface area contributed by atoms with E-state index < -0.39 is 22.0 Å². The number of aryl methyl sites for hydroxylation is 2. The maximum absolute atomic E-state index is 12.6. The summed E-state index contributed by atoms with van der Waals surface area (Å²) >= 11 is 5.91. The number of rotatable bonds is 5. The molecule has 2 aromatic carbocycles. The third-order valence-electron chi connectivity index (χ3n) is 3.93. The average molecular weight is 381 g/mol. The normalized spacial score (nSPS) is 12.5. The van der Waals surface area contributed by atoms with Crippen molar-refractivity contribution >= 4 is 38.9 Å². The van der Waals surface area contributed by atoms with Crippen LogP contribution in [0.5, 0.6) is 0 Å². The summed E-state index contributed by atoms with van der Waals surface area (Å²) in [6, 6.07) is 11.1. The molecule has 2 aromatic rings. The number of hydrogen-bond acceptors (Lipinski definition) is 3. The number of halogens is 1. The Morgan fingerprint density at radius 2 is 1.80 bits per heavy atom. The molecule has 0 aromatic heterocycles. The number of sulfonamides is 1. The lowest BCUT2D eigenvalue weighted by atomic mass is 10.1. The fourth-order valence-corrected chi connectivity index (χ4v) is 3.84. The first kappa shape index (κ1) is 19.3. The van der Waals surface area contributed by atoms with Gasteiger partial charge < -0.3 is 5.32 Å². The zero-order valence-electron chi connectivity index (χ0n) is 14.6. The first-order chi connectivity index (χ1) is 11.6. The van der Waals surface area contributed by atoms with Crippen molar-refractivity contribution in [2.45, 2.75) is 26.8 Å². The van der Waals surface area contributed by atoms with Crippen LogP contribution in [0.2, 0.25) is 5.02 Å². The average Bonchev–Trinajstić information content (AvgIpc) is 2.49. The molecule has 0 heterocycles. The second-order valence-corrected chi connectivity index (χ2v) is 8.30. The van der Waals surface area contributed by atoms with Crippen LogP contribution in [0.25, 0.3) is 0 Å². The van der Waals surface area contributed by atoms with Crippen molar-refractivity contribution in [3.63, 3.8) is 0 Å². The van der Waals surface area contributed by atoms with Crippen molar-refractivity contribution < 1.29 is 13.2 Å². The van der Waals surface area contributed by atoms with Crippen molar-refractivity contribution in [3.8, 4) is 0 Å². The van der Waals surface area contributed by atoms with E-state index in [4.69, 9.17) is 11.6 Å². The summed E-state index contributed by atoms with van der Waals surface area (Å²) in [6.07, 6.45) is 1.09. The van der Waals surface area contributed by atoms with Gasteiger partial charge >= 0.3 is 0 Å². The van der Waals surface area contributed by atoms with E-state index in [-0.39, 0.29) is 0 Å². The van der Waals surface area contributed by atoms with Gasteiger partial charge in [0, 0.05) is 10.7 Å². The van der Waals surface area contributed by atoms with Crippen molar-refractivity contribution in [1.29, 1.82) is 0 Å². The van der Waals surface area contributed by atoms with E-state index in [0.717, 1.165) is 21.7 Å². The van der Waals surface area contributed by atoms with Gasteiger partial charge in [-0.25, -0.2) is 8.42 Å². The van der Waals surface area contributed by atoms with Crippen LogP contribution in [0.1, 0.15) is 18.1 Å². The van der Waals surface area contributed by atoms with E-state index in [1.165, 1.54) is 0 Å². The Kier molecular flexibility index (Phi) is 5.75. The van der Waals surface area contributed by atoms with Crippen LogP contribution in [0, 0.1) is 13.8 Å². The van der Waals surface area contributed by atoms with E-state index in [2.05, 4.69) is 5.32 Å². The van der Waals surface area contributed by atoms with Gasteiger partial charge in [-0.3, -0.25) is 9.10 Å². The summed E-state index contributed by atoms with van der Waals surface area (Å²) in [7, 11) is -3.65. The molecule has 0 aliphatic carbocycles. The van der Waals surface area contributed by atoms with Gasteiger partial charge in [-0.2, -0.15) is 0 Å². The van der Waals surface area contributed by atoms with Crippen LogP contribution in [-0.4, -0.2) is 26.6 Å². The zero-order chi connectivity index (χ0) is 18.8. The van der Waals surface area contributed by atoms with Gasteiger partial charge in [-0.1, -0.05) is 23.7 Å². The Morgan fingerprint density at radius 1 is 1.12 bits per heavy atom. The first-order valence-electron chi connectivity index (χ1n) is 7.72. The van der Waals surface area contributed by atoms with E-state index in [0.29, 0.717) is 16.4 Å². The van der Waals surface area contributed by atoms with Crippen LogP contribution in [0.4, 0.5) is 11.4 Å². The second kappa shape index (κ2) is 7.45. The van der Waals surface area contributed by atoms with E-state index in [1.807, 2.05) is 19.9 Å². The smallest absolute Gasteiger partial charge is 0.247 e. The highest BCUT2D eigenvalue weighted by Gasteiger charge is 2.29. The van der Waals surface area contributed by atoms with Crippen LogP contribution in [0.3, 0.4) is 0 Å². The number of amides is 1. The topological polar surface area (TPSA) is 66.5 Å². The van der Waals surface area contributed by atoms with Gasteiger partial charge in [0.25, 0.3) is 0 Å². The second-order valence-electron chi connectivity index (χ2n) is 6.00. The van der Waals surface area contributed by atoms with Gasteiger partial charge in [0.15, 0.2) is 0 Å². The molecule has 0 aliphatic heterocycles. The molecule has 0 aliphatic rings.